The molecule has 1 aromatic heterocycles. The number of guanidine groups is 1. The van der Waals surface area contributed by atoms with E-state index in [4.69, 9.17) is 4.74 Å². The van der Waals surface area contributed by atoms with E-state index in [1.807, 2.05) is 23.9 Å². The number of rotatable bonds is 5. The van der Waals surface area contributed by atoms with Gasteiger partial charge >= 0.3 is 0 Å². The van der Waals surface area contributed by atoms with Gasteiger partial charge in [-0.1, -0.05) is 18.2 Å². The fourth-order valence-corrected chi connectivity index (χ4v) is 3.48. The average molecular weight is 483 g/mol. The van der Waals surface area contributed by atoms with Crippen LogP contribution in [0.1, 0.15) is 29.4 Å². The number of nitrogens with zero attached hydrogens (tertiary/aromatic N) is 3. The number of aryl methyl sites for hydroxylation is 2. The molecule has 6 nitrogen and oxygen atoms in total. The lowest BCUT2D eigenvalue weighted by molar-refractivity contribution is 0.234. The third-order valence-electron chi connectivity index (χ3n) is 4.99. The minimum atomic E-state index is 0. The van der Waals surface area contributed by atoms with Crippen LogP contribution in [0.4, 0.5) is 0 Å². The van der Waals surface area contributed by atoms with Crippen LogP contribution in [-0.4, -0.2) is 41.5 Å². The summed E-state index contributed by atoms with van der Waals surface area (Å²) in [6.07, 6.45) is 1.99. The van der Waals surface area contributed by atoms with Gasteiger partial charge in [0.25, 0.3) is 0 Å². The summed E-state index contributed by atoms with van der Waals surface area (Å²) in [5, 5.41) is 11.4. The van der Waals surface area contributed by atoms with Gasteiger partial charge in [-0.15, -0.1) is 24.0 Å². The predicted molar refractivity (Wildman–Crippen MR) is 120 cm³/mol. The topological polar surface area (TPSA) is 63.5 Å². The van der Waals surface area contributed by atoms with Crippen molar-refractivity contribution in [3.05, 3.63) is 46.8 Å². The molecule has 2 N–H and O–H groups in total. The Morgan fingerprint density at radius 2 is 2.11 bits per heavy atom. The summed E-state index contributed by atoms with van der Waals surface area (Å²) in [5.74, 6) is 1.80. The van der Waals surface area contributed by atoms with Crippen molar-refractivity contribution in [3.63, 3.8) is 0 Å². The molecule has 2 aromatic rings. The number of aliphatic imine (C=N–C) groups is 1. The smallest absolute Gasteiger partial charge is 0.191 e. The van der Waals surface area contributed by atoms with Gasteiger partial charge in [-0.05, 0) is 44.4 Å². The summed E-state index contributed by atoms with van der Waals surface area (Å²) in [6.45, 7) is 7.08. The molecule has 2 heterocycles. The highest BCUT2D eigenvalue weighted by Crippen LogP contribution is 2.27. The van der Waals surface area contributed by atoms with Gasteiger partial charge < -0.3 is 15.4 Å². The van der Waals surface area contributed by atoms with Crippen molar-refractivity contribution in [3.8, 4) is 5.75 Å². The Bertz CT molecular complexity index is 777. The number of ether oxygens (including phenoxy) is 1. The summed E-state index contributed by atoms with van der Waals surface area (Å²) in [6, 6.07) is 8.48. The van der Waals surface area contributed by atoms with Gasteiger partial charge in [0, 0.05) is 32.3 Å². The van der Waals surface area contributed by atoms with Crippen LogP contribution < -0.4 is 15.4 Å². The molecule has 3 rings (SSSR count). The highest BCUT2D eigenvalue weighted by Gasteiger charge is 2.22. The molecule has 27 heavy (non-hydrogen) atoms. The van der Waals surface area contributed by atoms with Crippen LogP contribution in [0.15, 0.2) is 29.3 Å². The molecular formula is C20H30IN5O. The number of fused-ring (bicyclic) bond motifs is 1. The van der Waals surface area contributed by atoms with Gasteiger partial charge in [-0.3, -0.25) is 9.67 Å². The van der Waals surface area contributed by atoms with Gasteiger partial charge in [0.2, 0.25) is 0 Å². The first-order valence-corrected chi connectivity index (χ1v) is 9.18. The molecule has 2 unspecified atom stereocenters. The van der Waals surface area contributed by atoms with Crippen LogP contribution in [0.3, 0.4) is 0 Å². The highest BCUT2D eigenvalue weighted by molar-refractivity contribution is 14.0. The first-order chi connectivity index (χ1) is 12.5. The van der Waals surface area contributed by atoms with E-state index >= 15 is 0 Å². The van der Waals surface area contributed by atoms with Gasteiger partial charge in [0.15, 0.2) is 5.96 Å². The third kappa shape index (κ3) is 5.15. The first-order valence-electron chi connectivity index (χ1n) is 9.18. The van der Waals surface area contributed by atoms with E-state index in [-0.39, 0.29) is 36.1 Å². The van der Waals surface area contributed by atoms with E-state index < -0.39 is 0 Å². The summed E-state index contributed by atoms with van der Waals surface area (Å²) in [7, 11) is 3.79. The lowest BCUT2D eigenvalue weighted by Gasteiger charge is -2.20. The van der Waals surface area contributed by atoms with Gasteiger partial charge in [0.1, 0.15) is 11.9 Å². The molecule has 1 aliphatic rings. The van der Waals surface area contributed by atoms with Crippen LogP contribution in [0.2, 0.25) is 0 Å². The Hall–Kier alpha value is -1.77. The van der Waals surface area contributed by atoms with E-state index in [0.29, 0.717) is 0 Å². The Morgan fingerprint density at radius 3 is 2.74 bits per heavy atom. The molecule has 0 saturated heterocycles. The van der Waals surface area contributed by atoms with E-state index in [9.17, 15) is 0 Å². The minimum Gasteiger partial charge on any atom is -0.488 e. The SMILES string of the molecule is CN=C(NCC1Cc2ccccc2O1)NC(C)Cc1c(C)nn(C)c1C.I. The number of benzene rings is 1. The standard InChI is InChI=1S/C20H29N5O.HI/c1-13(10-18-14(2)24-25(5)15(18)3)23-20(21-4)22-12-17-11-16-8-6-7-9-19(16)26-17;/h6-9,13,17H,10-12H2,1-5H3,(H2,21,22,23);1H. The third-order valence-corrected chi connectivity index (χ3v) is 4.99. The van der Waals surface area contributed by atoms with Gasteiger partial charge in [0.05, 0.1) is 12.2 Å². The highest BCUT2D eigenvalue weighted by atomic mass is 127. The fourth-order valence-electron chi connectivity index (χ4n) is 3.48. The molecule has 7 heteroatoms. The summed E-state index contributed by atoms with van der Waals surface area (Å²) >= 11 is 0. The monoisotopic (exact) mass is 483 g/mol. The maximum absolute atomic E-state index is 5.98. The Morgan fingerprint density at radius 1 is 1.37 bits per heavy atom. The number of hydrogen-bond donors (Lipinski definition) is 2. The number of aromatic nitrogens is 2. The molecule has 0 spiro atoms. The lowest BCUT2D eigenvalue weighted by atomic mass is 10.1. The van der Waals surface area contributed by atoms with Gasteiger partial charge in [-0.2, -0.15) is 5.10 Å². The second-order valence-electron chi connectivity index (χ2n) is 7.03. The zero-order chi connectivity index (χ0) is 18.7. The normalized spacial score (nSPS) is 16.9. The summed E-state index contributed by atoms with van der Waals surface area (Å²) in [4.78, 5) is 4.35. The van der Waals surface area contributed by atoms with Crippen LogP contribution >= 0.6 is 24.0 Å². The number of para-hydroxylation sites is 1. The molecular weight excluding hydrogens is 453 g/mol. The van der Waals surface area contributed by atoms with E-state index in [2.05, 4.69) is 53.6 Å². The Balaban J connectivity index is 0.00000261. The zero-order valence-corrected chi connectivity index (χ0v) is 19.1. The lowest BCUT2D eigenvalue weighted by Crippen LogP contribution is -2.46. The maximum atomic E-state index is 5.98. The molecule has 1 aliphatic heterocycles. The fraction of sp³-hybridized carbons (Fsp3) is 0.500. The van der Waals surface area contributed by atoms with Crippen molar-refractivity contribution < 1.29 is 4.74 Å². The molecule has 0 aliphatic carbocycles. The quantitative estimate of drug-likeness (QED) is 0.390. The molecule has 1 aromatic carbocycles. The number of halogens is 1. The van der Waals surface area contributed by atoms with Crippen molar-refractivity contribution in [2.75, 3.05) is 13.6 Å². The van der Waals surface area contributed by atoms with E-state index in [1.165, 1.54) is 16.8 Å². The van der Waals surface area contributed by atoms with Crippen LogP contribution in [0, 0.1) is 13.8 Å². The molecule has 0 amide bonds. The van der Waals surface area contributed by atoms with E-state index in [0.717, 1.165) is 36.8 Å². The second kappa shape index (κ2) is 9.43. The van der Waals surface area contributed by atoms with Crippen molar-refractivity contribution in [1.82, 2.24) is 20.4 Å². The number of nitrogens with one attached hydrogen (secondary N) is 2. The van der Waals surface area contributed by atoms with Crippen LogP contribution in [0.5, 0.6) is 5.75 Å². The van der Waals surface area contributed by atoms with Crippen molar-refractivity contribution in [1.29, 1.82) is 0 Å². The molecule has 2 atom stereocenters. The summed E-state index contributed by atoms with van der Waals surface area (Å²) < 4.78 is 7.92. The zero-order valence-electron chi connectivity index (χ0n) is 16.7. The molecule has 0 radical (unpaired) electrons. The predicted octanol–water partition coefficient (Wildman–Crippen LogP) is 2.75. The first kappa shape index (κ1) is 21.5. The Kier molecular flexibility index (Phi) is 7.52. The van der Waals surface area contributed by atoms with E-state index in [1.54, 1.807) is 7.05 Å². The largest absolute Gasteiger partial charge is 0.488 e. The van der Waals surface area contributed by atoms with Crippen molar-refractivity contribution in [2.45, 2.75) is 45.8 Å². The van der Waals surface area contributed by atoms with Crippen molar-refractivity contribution in [2.24, 2.45) is 12.0 Å². The molecule has 0 bridgehead atoms. The van der Waals surface area contributed by atoms with Crippen LogP contribution in [0.25, 0.3) is 0 Å². The van der Waals surface area contributed by atoms with Crippen LogP contribution in [-0.2, 0) is 19.9 Å². The van der Waals surface area contributed by atoms with Gasteiger partial charge in [-0.25, -0.2) is 0 Å². The molecule has 0 fully saturated rings. The molecule has 148 valence electrons. The Labute approximate surface area is 178 Å². The minimum absolute atomic E-state index is 0. The average Bonchev–Trinajstić information content (AvgIpc) is 3.14. The maximum Gasteiger partial charge on any atom is 0.191 e. The second-order valence-corrected chi connectivity index (χ2v) is 7.03. The number of hydrogen-bond acceptors (Lipinski definition) is 3. The van der Waals surface area contributed by atoms with Crippen molar-refractivity contribution >= 4 is 29.9 Å². The summed E-state index contributed by atoms with van der Waals surface area (Å²) in [5.41, 5.74) is 4.89. The molecule has 0 saturated carbocycles.